The molecular formula is C16H28N2OS. The second-order valence-electron chi connectivity index (χ2n) is 6.90. The van der Waals surface area contributed by atoms with Crippen LogP contribution in [0.2, 0.25) is 0 Å². The number of thiazole rings is 1. The maximum absolute atomic E-state index is 5.42. The van der Waals surface area contributed by atoms with Gasteiger partial charge in [-0.25, -0.2) is 4.98 Å². The second kappa shape index (κ2) is 6.54. The van der Waals surface area contributed by atoms with Crippen LogP contribution in [0.25, 0.3) is 0 Å². The lowest BCUT2D eigenvalue weighted by atomic mass is 9.98. The van der Waals surface area contributed by atoms with Gasteiger partial charge < -0.3 is 10.1 Å². The van der Waals surface area contributed by atoms with Crippen LogP contribution in [0.5, 0.6) is 0 Å². The van der Waals surface area contributed by atoms with Crippen molar-refractivity contribution < 1.29 is 4.74 Å². The number of aromatic nitrogens is 1. The van der Waals surface area contributed by atoms with E-state index in [2.05, 4.69) is 39.9 Å². The zero-order chi connectivity index (χ0) is 14.8. The molecule has 1 aromatic heterocycles. The Morgan fingerprint density at radius 1 is 1.35 bits per heavy atom. The van der Waals surface area contributed by atoms with Crippen molar-refractivity contribution in [2.75, 3.05) is 19.8 Å². The van der Waals surface area contributed by atoms with Crippen LogP contribution < -0.4 is 5.32 Å². The highest BCUT2D eigenvalue weighted by Crippen LogP contribution is 2.32. The molecule has 2 heterocycles. The van der Waals surface area contributed by atoms with E-state index < -0.39 is 0 Å². The summed E-state index contributed by atoms with van der Waals surface area (Å²) in [6.07, 6.45) is 2.38. The van der Waals surface area contributed by atoms with Crippen molar-refractivity contribution in [1.29, 1.82) is 0 Å². The van der Waals surface area contributed by atoms with Gasteiger partial charge in [-0.05, 0) is 39.2 Å². The van der Waals surface area contributed by atoms with E-state index in [-0.39, 0.29) is 5.41 Å². The molecule has 4 heteroatoms. The molecule has 1 N–H and O–H groups in total. The van der Waals surface area contributed by atoms with E-state index in [4.69, 9.17) is 9.72 Å². The SMILES string of the molecule is Cc1nc(C(C)(C)C)sc1C(C)NCC1CCOCC1. The van der Waals surface area contributed by atoms with Crippen molar-refractivity contribution in [3.05, 3.63) is 15.6 Å². The molecule has 1 fully saturated rings. The summed E-state index contributed by atoms with van der Waals surface area (Å²) >= 11 is 1.86. The minimum absolute atomic E-state index is 0.147. The average Bonchev–Trinajstić information content (AvgIpc) is 2.79. The lowest BCUT2D eigenvalue weighted by Crippen LogP contribution is -2.29. The number of rotatable bonds is 4. The molecule has 2 rings (SSSR count). The monoisotopic (exact) mass is 296 g/mol. The van der Waals surface area contributed by atoms with Gasteiger partial charge in [-0.2, -0.15) is 0 Å². The normalized spacial score (nSPS) is 19.2. The van der Waals surface area contributed by atoms with Gasteiger partial charge in [0.1, 0.15) is 0 Å². The summed E-state index contributed by atoms with van der Waals surface area (Å²) in [6, 6.07) is 0.395. The summed E-state index contributed by atoms with van der Waals surface area (Å²) in [4.78, 5) is 6.15. The molecule has 1 aliphatic heterocycles. The van der Waals surface area contributed by atoms with E-state index in [0.717, 1.165) is 25.7 Å². The molecule has 1 unspecified atom stereocenters. The highest BCUT2D eigenvalue weighted by molar-refractivity contribution is 7.12. The molecule has 1 aromatic rings. The summed E-state index contributed by atoms with van der Waals surface area (Å²) < 4.78 is 5.42. The molecule has 0 bridgehead atoms. The predicted molar refractivity (Wildman–Crippen MR) is 85.5 cm³/mol. The highest BCUT2D eigenvalue weighted by atomic mass is 32.1. The van der Waals surface area contributed by atoms with Gasteiger partial charge in [0.25, 0.3) is 0 Å². The Balaban J connectivity index is 1.94. The van der Waals surface area contributed by atoms with E-state index in [0.29, 0.717) is 6.04 Å². The smallest absolute Gasteiger partial charge is 0.0985 e. The van der Waals surface area contributed by atoms with Gasteiger partial charge in [0.05, 0.1) is 10.7 Å². The Bertz CT molecular complexity index is 430. The molecule has 1 aliphatic rings. The molecule has 0 radical (unpaired) electrons. The maximum Gasteiger partial charge on any atom is 0.0985 e. The molecule has 3 nitrogen and oxygen atoms in total. The van der Waals surface area contributed by atoms with Crippen LogP contribution in [0.15, 0.2) is 0 Å². The fourth-order valence-electron chi connectivity index (χ4n) is 2.52. The van der Waals surface area contributed by atoms with Gasteiger partial charge >= 0.3 is 0 Å². The average molecular weight is 296 g/mol. The third-order valence-electron chi connectivity index (χ3n) is 3.92. The van der Waals surface area contributed by atoms with E-state index in [1.165, 1.54) is 28.4 Å². The van der Waals surface area contributed by atoms with Crippen LogP contribution in [0.3, 0.4) is 0 Å². The van der Waals surface area contributed by atoms with Crippen molar-refractivity contribution in [2.45, 2.75) is 58.9 Å². The van der Waals surface area contributed by atoms with Gasteiger partial charge in [-0.1, -0.05) is 20.8 Å². The minimum Gasteiger partial charge on any atom is -0.381 e. The van der Waals surface area contributed by atoms with Gasteiger partial charge in [0.2, 0.25) is 0 Å². The summed E-state index contributed by atoms with van der Waals surface area (Å²) in [5.41, 5.74) is 1.33. The topological polar surface area (TPSA) is 34.2 Å². The third kappa shape index (κ3) is 4.03. The Morgan fingerprint density at radius 2 is 2.00 bits per heavy atom. The first-order valence-electron chi connectivity index (χ1n) is 7.67. The molecule has 0 amide bonds. The quantitative estimate of drug-likeness (QED) is 0.917. The van der Waals surface area contributed by atoms with Crippen LogP contribution in [-0.4, -0.2) is 24.7 Å². The minimum atomic E-state index is 0.147. The summed E-state index contributed by atoms with van der Waals surface area (Å²) in [6.45, 7) is 14.0. The molecule has 1 atom stereocenters. The Hall–Kier alpha value is -0.450. The van der Waals surface area contributed by atoms with Crippen molar-refractivity contribution in [2.24, 2.45) is 5.92 Å². The van der Waals surface area contributed by atoms with E-state index >= 15 is 0 Å². The lowest BCUT2D eigenvalue weighted by Gasteiger charge is -2.24. The number of hydrogen-bond acceptors (Lipinski definition) is 4. The number of nitrogens with one attached hydrogen (secondary N) is 1. The summed E-state index contributed by atoms with van der Waals surface area (Å²) in [7, 11) is 0. The van der Waals surface area contributed by atoms with Gasteiger partial charge in [0, 0.05) is 29.5 Å². The summed E-state index contributed by atoms with van der Waals surface area (Å²) in [5, 5.41) is 4.93. The Morgan fingerprint density at radius 3 is 2.55 bits per heavy atom. The molecule has 0 spiro atoms. The predicted octanol–water partition coefficient (Wildman–Crippen LogP) is 3.83. The van der Waals surface area contributed by atoms with Gasteiger partial charge in [-0.3, -0.25) is 0 Å². The van der Waals surface area contributed by atoms with Crippen molar-refractivity contribution in [1.82, 2.24) is 10.3 Å². The highest BCUT2D eigenvalue weighted by Gasteiger charge is 2.23. The first-order valence-corrected chi connectivity index (χ1v) is 8.48. The standard InChI is InChI=1S/C16H28N2OS/c1-11(17-10-13-6-8-19-9-7-13)14-12(2)18-15(20-14)16(3,4)5/h11,13,17H,6-10H2,1-5H3. The molecule has 20 heavy (non-hydrogen) atoms. The molecular weight excluding hydrogens is 268 g/mol. The first kappa shape index (κ1) is 15.9. The zero-order valence-electron chi connectivity index (χ0n) is 13.5. The number of ether oxygens (including phenoxy) is 1. The molecule has 0 aliphatic carbocycles. The molecule has 114 valence electrons. The number of nitrogens with zero attached hydrogens (tertiary/aromatic N) is 1. The first-order chi connectivity index (χ1) is 9.38. The number of aryl methyl sites for hydroxylation is 1. The van der Waals surface area contributed by atoms with Crippen LogP contribution in [0, 0.1) is 12.8 Å². The zero-order valence-corrected chi connectivity index (χ0v) is 14.3. The summed E-state index contributed by atoms with van der Waals surface area (Å²) in [5.74, 6) is 0.765. The number of hydrogen-bond donors (Lipinski definition) is 1. The van der Waals surface area contributed by atoms with Crippen molar-refractivity contribution in [3.63, 3.8) is 0 Å². The van der Waals surface area contributed by atoms with Crippen molar-refractivity contribution in [3.8, 4) is 0 Å². The van der Waals surface area contributed by atoms with E-state index in [1.807, 2.05) is 11.3 Å². The molecule has 0 aromatic carbocycles. The Labute approximate surface area is 127 Å². The second-order valence-corrected chi connectivity index (χ2v) is 7.94. The van der Waals surface area contributed by atoms with E-state index in [1.54, 1.807) is 0 Å². The van der Waals surface area contributed by atoms with E-state index in [9.17, 15) is 0 Å². The fraction of sp³-hybridized carbons (Fsp3) is 0.812. The van der Waals surface area contributed by atoms with Crippen LogP contribution in [0.1, 0.15) is 62.2 Å². The molecule has 0 saturated carbocycles. The van der Waals surface area contributed by atoms with Crippen molar-refractivity contribution >= 4 is 11.3 Å². The molecule has 1 saturated heterocycles. The van der Waals surface area contributed by atoms with Crippen LogP contribution in [-0.2, 0) is 10.2 Å². The van der Waals surface area contributed by atoms with Gasteiger partial charge in [-0.15, -0.1) is 11.3 Å². The largest absolute Gasteiger partial charge is 0.381 e. The van der Waals surface area contributed by atoms with Crippen LogP contribution >= 0.6 is 11.3 Å². The van der Waals surface area contributed by atoms with Crippen LogP contribution in [0.4, 0.5) is 0 Å². The Kier molecular flexibility index (Phi) is 5.21. The lowest BCUT2D eigenvalue weighted by molar-refractivity contribution is 0.0656. The third-order valence-corrected chi connectivity index (χ3v) is 5.69. The van der Waals surface area contributed by atoms with Gasteiger partial charge in [0.15, 0.2) is 0 Å². The fourth-order valence-corrected chi connectivity index (χ4v) is 3.67. The maximum atomic E-state index is 5.42.